The zero-order valence-corrected chi connectivity index (χ0v) is 17.2. The van der Waals surface area contributed by atoms with Gasteiger partial charge in [-0.2, -0.15) is 0 Å². The molecule has 0 spiro atoms. The Hall–Kier alpha value is -2.80. The molecule has 7 nitrogen and oxygen atoms in total. The van der Waals surface area contributed by atoms with Gasteiger partial charge < -0.3 is 5.32 Å². The van der Waals surface area contributed by atoms with Crippen LogP contribution in [0.4, 0.5) is 5.69 Å². The smallest absolute Gasteiger partial charge is 0.288 e. The molecule has 3 rings (SSSR count). The van der Waals surface area contributed by atoms with E-state index in [2.05, 4.69) is 35.1 Å². The Morgan fingerprint density at radius 3 is 2.55 bits per heavy atom. The maximum absolute atomic E-state index is 12.6. The number of piperidine rings is 1. The van der Waals surface area contributed by atoms with Crippen molar-refractivity contribution in [2.75, 3.05) is 13.1 Å². The third-order valence-electron chi connectivity index (χ3n) is 5.42. The lowest BCUT2D eigenvalue weighted by Gasteiger charge is -2.35. The second kappa shape index (κ2) is 9.13. The third-order valence-corrected chi connectivity index (χ3v) is 5.42. The van der Waals surface area contributed by atoms with Crippen molar-refractivity contribution in [3.8, 4) is 0 Å². The molecule has 0 radical (unpaired) electrons. The van der Waals surface area contributed by atoms with Gasteiger partial charge in [-0.15, -0.1) is 0 Å². The van der Waals surface area contributed by atoms with Crippen molar-refractivity contribution >= 4 is 11.6 Å². The SMILES string of the molecule is Cc1ncc([N+](=O)[O-])cc1C(=O)NCc1ccccc1CN1C[C@@H](C)C[C@H](C)C1. The standard InChI is InChI=1S/C22H28N4O3/c1-15-8-16(2)13-25(12-15)14-19-7-5-4-6-18(19)10-24-22(27)21-9-20(26(28)29)11-23-17(21)3/h4-7,9,11,15-16H,8,10,12-14H2,1-3H3,(H,24,27)/t15-,16-/m0/s1. The third kappa shape index (κ3) is 5.38. The summed E-state index contributed by atoms with van der Waals surface area (Å²) in [5.74, 6) is 1.03. The minimum atomic E-state index is -0.543. The van der Waals surface area contributed by atoms with Crippen LogP contribution in [0, 0.1) is 28.9 Å². The zero-order chi connectivity index (χ0) is 21.0. The highest BCUT2D eigenvalue weighted by molar-refractivity contribution is 5.95. The first-order valence-corrected chi connectivity index (χ1v) is 10.0. The summed E-state index contributed by atoms with van der Waals surface area (Å²) < 4.78 is 0. The summed E-state index contributed by atoms with van der Waals surface area (Å²) >= 11 is 0. The molecule has 1 aliphatic rings. The molecule has 1 saturated heterocycles. The van der Waals surface area contributed by atoms with Gasteiger partial charge in [0.15, 0.2) is 0 Å². The monoisotopic (exact) mass is 396 g/mol. The number of hydrogen-bond donors (Lipinski definition) is 1. The molecular formula is C22H28N4O3. The number of amides is 1. The van der Waals surface area contributed by atoms with Crippen LogP contribution in [-0.4, -0.2) is 33.8 Å². The van der Waals surface area contributed by atoms with Gasteiger partial charge in [-0.1, -0.05) is 38.1 Å². The molecule has 1 aliphatic heterocycles. The number of aromatic nitrogens is 1. The lowest BCUT2D eigenvalue weighted by molar-refractivity contribution is -0.385. The van der Waals surface area contributed by atoms with Gasteiger partial charge in [0.1, 0.15) is 6.20 Å². The number of nitrogens with one attached hydrogen (secondary N) is 1. The number of benzene rings is 1. The molecule has 0 saturated carbocycles. The average molecular weight is 396 g/mol. The van der Waals surface area contributed by atoms with Crippen molar-refractivity contribution in [3.05, 3.63) is 69.0 Å². The van der Waals surface area contributed by atoms with Gasteiger partial charge in [-0.05, 0) is 36.3 Å². The van der Waals surface area contributed by atoms with Crippen molar-refractivity contribution in [1.82, 2.24) is 15.2 Å². The van der Waals surface area contributed by atoms with Crippen molar-refractivity contribution in [3.63, 3.8) is 0 Å². The van der Waals surface area contributed by atoms with E-state index in [1.165, 1.54) is 24.2 Å². The zero-order valence-electron chi connectivity index (χ0n) is 17.2. The summed E-state index contributed by atoms with van der Waals surface area (Å²) in [5.41, 5.74) is 2.77. The number of aryl methyl sites for hydroxylation is 1. The maximum Gasteiger partial charge on any atom is 0.288 e. The summed E-state index contributed by atoms with van der Waals surface area (Å²) in [4.78, 5) is 29.5. The van der Waals surface area contributed by atoms with Crippen LogP contribution >= 0.6 is 0 Å². The van der Waals surface area contributed by atoms with E-state index < -0.39 is 4.92 Å². The average Bonchev–Trinajstić information content (AvgIpc) is 2.66. The van der Waals surface area contributed by atoms with Crippen LogP contribution in [-0.2, 0) is 13.1 Å². The Kier molecular flexibility index (Phi) is 6.59. The van der Waals surface area contributed by atoms with Crippen molar-refractivity contribution < 1.29 is 9.72 Å². The molecule has 2 aromatic rings. The number of likely N-dealkylation sites (tertiary alicyclic amines) is 1. The summed E-state index contributed by atoms with van der Waals surface area (Å²) in [5, 5.41) is 13.9. The van der Waals surface area contributed by atoms with E-state index >= 15 is 0 Å². The van der Waals surface area contributed by atoms with E-state index in [1.807, 2.05) is 18.2 Å². The van der Waals surface area contributed by atoms with Gasteiger partial charge in [0, 0.05) is 32.2 Å². The van der Waals surface area contributed by atoms with Crippen LogP contribution in [0.15, 0.2) is 36.5 Å². The van der Waals surface area contributed by atoms with E-state index in [9.17, 15) is 14.9 Å². The number of nitro groups is 1. The molecule has 29 heavy (non-hydrogen) atoms. The first-order valence-electron chi connectivity index (χ1n) is 10.0. The van der Waals surface area contributed by atoms with E-state index in [0.29, 0.717) is 24.1 Å². The predicted octanol–water partition coefficient (Wildman–Crippen LogP) is 3.71. The minimum absolute atomic E-state index is 0.186. The number of carbonyl (C=O) groups excluding carboxylic acids is 1. The maximum atomic E-state index is 12.6. The fourth-order valence-electron chi connectivity index (χ4n) is 4.17. The molecule has 7 heteroatoms. The first kappa shape index (κ1) is 20.9. The van der Waals surface area contributed by atoms with Crippen molar-refractivity contribution in [2.45, 2.75) is 40.3 Å². The van der Waals surface area contributed by atoms with Gasteiger partial charge >= 0.3 is 0 Å². The number of pyridine rings is 1. The van der Waals surface area contributed by atoms with Crippen LogP contribution in [0.2, 0.25) is 0 Å². The van der Waals surface area contributed by atoms with Crippen LogP contribution in [0.1, 0.15) is 47.4 Å². The van der Waals surface area contributed by atoms with E-state index in [1.54, 1.807) is 6.92 Å². The lowest BCUT2D eigenvalue weighted by atomic mass is 9.91. The Morgan fingerprint density at radius 1 is 1.24 bits per heavy atom. The molecule has 2 atom stereocenters. The fraction of sp³-hybridized carbons (Fsp3) is 0.455. The van der Waals surface area contributed by atoms with Crippen LogP contribution in [0.3, 0.4) is 0 Å². The predicted molar refractivity (Wildman–Crippen MR) is 111 cm³/mol. The van der Waals surface area contributed by atoms with Crippen molar-refractivity contribution in [2.24, 2.45) is 11.8 Å². The Labute approximate surface area is 171 Å². The lowest BCUT2D eigenvalue weighted by Crippen LogP contribution is -2.38. The molecule has 154 valence electrons. The Bertz CT molecular complexity index is 889. The fourth-order valence-corrected chi connectivity index (χ4v) is 4.17. The molecule has 0 unspecified atom stereocenters. The molecule has 1 fully saturated rings. The topological polar surface area (TPSA) is 88.4 Å². The highest BCUT2D eigenvalue weighted by atomic mass is 16.6. The summed E-state index contributed by atoms with van der Waals surface area (Å²) in [6.45, 7) is 9.67. The van der Waals surface area contributed by atoms with Gasteiger partial charge in [-0.25, -0.2) is 0 Å². The van der Waals surface area contributed by atoms with Crippen LogP contribution in [0.5, 0.6) is 0 Å². The van der Waals surface area contributed by atoms with Gasteiger partial charge in [0.25, 0.3) is 11.6 Å². The number of rotatable bonds is 6. The number of hydrogen-bond acceptors (Lipinski definition) is 5. The number of carbonyl (C=O) groups is 1. The quantitative estimate of drug-likeness (QED) is 0.594. The van der Waals surface area contributed by atoms with E-state index in [4.69, 9.17) is 0 Å². The molecule has 0 aliphatic carbocycles. The molecular weight excluding hydrogens is 368 g/mol. The normalized spacial score (nSPS) is 19.7. The highest BCUT2D eigenvalue weighted by Gasteiger charge is 2.22. The van der Waals surface area contributed by atoms with E-state index in [0.717, 1.165) is 25.2 Å². The van der Waals surface area contributed by atoms with Gasteiger partial charge in [-0.3, -0.25) is 24.8 Å². The molecule has 2 heterocycles. The first-order chi connectivity index (χ1) is 13.8. The molecule has 1 N–H and O–H groups in total. The molecule has 0 bridgehead atoms. The summed E-state index contributed by atoms with van der Waals surface area (Å²) in [6.07, 6.45) is 2.44. The highest BCUT2D eigenvalue weighted by Crippen LogP contribution is 2.23. The summed E-state index contributed by atoms with van der Waals surface area (Å²) in [6, 6.07) is 9.38. The van der Waals surface area contributed by atoms with Gasteiger partial charge in [0.2, 0.25) is 0 Å². The Balaban J connectivity index is 1.69. The molecule has 1 amide bonds. The molecule has 1 aromatic carbocycles. The van der Waals surface area contributed by atoms with E-state index in [-0.39, 0.29) is 17.2 Å². The number of nitrogens with zero attached hydrogens (tertiary/aromatic N) is 3. The van der Waals surface area contributed by atoms with Crippen LogP contribution in [0.25, 0.3) is 0 Å². The summed E-state index contributed by atoms with van der Waals surface area (Å²) in [7, 11) is 0. The second-order valence-electron chi connectivity index (χ2n) is 8.18. The van der Waals surface area contributed by atoms with Gasteiger partial charge in [0.05, 0.1) is 16.2 Å². The minimum Gasteiger partial charge on any atom is -0.348 e. The van der Waals surface area contributed by atoms with Crippen molar-refractivity contribution in [1.29, 1.82) is 0 Å². The largest absolute Gasteiger partial charge is 0.348 e. The second-order valence-corrected chi connectivity index (χ2v) is 8.18. The molecule has 1 aromatic heterocycles. The Morgan fingerprint density at radius 2 is 1.90 bits per heavy atom. The van der Waals surface area contributed by atoms with Crippen LogP contribution < -0.4 is 5.32 Å².